The molecule has 5 heteroatoms. The van der Waals surface area contributed by atoms with E-state index >= 15 is 0 Å². The number of ether oxygens (including phenoxy) is 1. The predicted octanol–water partition coefficient (Wildman–Crippen LogP) is 4.44. The van der Waals surface area contributed by atoms with Crippen molar-refractivity contribution < 1.29 is 4.74 Å². The summed E-state index contributed by atoms with van der Waals surface area (Å²) in [6.07, 6.45) is 6.19. The van der Waals surface area contributed by atoms with Crippen molar-refractivity contribution in [2.75, 3.05) is 0 Å². The van der Waals surface area contributed by atoms with Crippen LogP contribution in [-0.2, 0) is 13.2 Å². The van der Waals surface area contributed by atoms with Gasteiger partial charge in [0.1, 0.15) is 12.4 Å². The van der Waals surface area contributed by atoms with Crippen LogP contribution in [0.3, 0.4) is 0 Å². The third kappa shape index (κ3) is 4.53. The minimum Gasteiger partial charge on any atom is -0.488 e. The van der Waals surface area contributed by atoms with Crippen LogP contribution in [0.2, 0.25) is 0 Å². The Morgan fingerprint density at radius 2 is 2.00 bits per heavy atom. The van der Waals surface area contributed by atoms with Crippen molar-refractivity contribution in [3.63, 3.8) is 0 Å². The van der Waals surface area contributed by atoms with Gasteiger partial charge in [-0.25, -0.2) is 0 Å². The third-order valence-corrected chi connectivity index (χ3v) is 4.38. The number of halogens is 2. The van der Waals surface area contributed by atoms with Crippen molar-refractivity contribution in [2.45, 2.75) is 32.0 Å². The highest BCUT2D eigenvalue weighted by molar-refractivity contribution is 9.10. The third-order valence-electron chi connectivity index (χ3n) is 3.32. The molecule has 1 aliphatic rings. The fraction of sp³-hybridized carbons (Fsp3) is 0.312. The molecule has 0 unspecified atom stereocenters. The van der Waals surface area contributed by atoms with Gasteiger partial charge in [-0.2, -0.15) is 0 Å². The first kappa shape index (κ1) is 15.0. The topological polar surface area (TPSA) is 34.1 Å². The average Bonchev–Trinajstić information content (AvgIpc) is 3.28. The van der Waals surface area contributed by atoms with Crippen LogP contribution in [0.1, 0.15) is 24.0 Å². The van der Waals surface area contributed by atoms with Gasteiger partial charge in [0.25, 0.3) is 0 Å². The van der Waals surface area contributed by atoms with Crippen LogP contribution in [0.4, 0.5) is 0 Å². The molecule has 21 heavy (non-hydrogen) atoms. The zero-order chi connectivity index (χ0) is 14.7. The molecule has 0 aliphatic heterocycles. The Morgan fingerprint density at radius 3 is 2.71 bits per heavy atom. The van der Waals surface area contributed by atoms with Crippen LogP contribution in [0.25, 0.3) is 0 Å². The maximum atomic E-state index is 5.84. The van der Waals surface area contributed by atoms with Crippen molar-refractivity contribution in [1.29, 1.82) is 0 Å². The zero-order valence-corrected chi connectivity index (χ0v) is 14.7. The summed E-state index contributed by atoms with van der Waals surface area (Å²) in [5, 5.41) is 3.51. The lowest BCUT2D eigenvalue weighted by molar-refractivity contribution is 0.303. The Morgan fingerprint density at radius 1 is 1.14 bits per heavy atom. The summed E-state index contributed by atoms with van der Waals surface area (Å²) < 4.78 is 7.79. The molecule has 110 valence electrons. The van der Waals surface area contributed by atoms with Crippen LogP contribution in [0, 0.1) is 0 Å². The second-order valence-electron chi connectivity index (χ2n) is 5.22. The predicted molar refractivity (Wildman–Crippen MR) is 90.3 cm³/mol. The molecule has 0 radical (unpaired) electrons. The van der Waals surface area contributed by atoms with Gasteiger partial charge < -0.3 is 10.1 Å². The van der Waals surface area contributed by atoms with E-state index in [2.05, 4.69) is 54.3 Å². The smallest absolute Gasteiger partial charge is 0.134 e. The highest BCUT2D eigenvalue weighted by Crippen LogP contribution is 2.27. The van der Waals surface area contributed by atoms with E-state index in [0.717, 1.165) is 32.8 Å². The van der Waals surface area contributed by atoms with E-state index in [0.29, 0.717) is 6.61 Å². The average molecular weight is 412 g/mol. The lowest BCUT2D eigenvalue weighted by atomic mass is 10.2. The number of benzene rings is 1. The van der Waals surface area contributed by atoms with Gasteiger partial charge >= 0.3 is 0 Å². The Labute approximate surface area is 141 Å². The van der Waals surface area contributed by atoms with E-state index < -0.39 is 0 Å². The first-order valence-electron chi connectivity index (χ1n) is 6.95. The molecule has 1 heterocycles. The van der Waals surface area contributed by atoms with Crippen LogP contribution < -0.4 is 10.1 Å². The molecule has 3 rings (SSSR count). The van der Waals surface area contributed by atoms with Crippen LogP contribution in [-0.4, -0.2) is 11.0 Å². The molecule has 1 aromatic heterocycles. The summed E-state index contributed by atoms with van der Waals surface area (Å²) in [7, 11) is 0. The van der Waals surface area contributed by atoms with Gasteiger partial charge in [-0.15, -0.1) is 0 Å². The summed E-state index contributed by atoms with van der Waals surface area (Å²) >= 11 is 6.99. The summed E-state index contributed by atoms with van der Waals surface area (Å²) in [5.74, 6) is 0.852. The number of nitrogens with one attached hydrogen (secondary N) is 1. The van der Waals surface area contributed by atoms with Crippen LogP contribution >= 0.6 is 31.9 Å². The molecule has 0 atom stereocenters. The molecular weight excluding hydrogens is 396 g/mol. The fourth-order valence-corrected chi connectivity index (χ4v) is 2.97. The summed E-state index contributed by atoms with van der Waals surface area (Å²) in [5.41, 5.74) is 2.31. The van der Waals surface area contributed by atoms with Gasteiger partial charge in [0.2, 0.25) is 0 Å². The van der Waals surface area contributed by atoms with Crippen LogP contribution in [0.5, 0.6) is 5.75 Å². The maximum Gasteiger partial charge on any atom is 0.134 e. The molecule has 3 nitrogen and oxygen atoms in total. The molecular formula is C16H16Br2N2O. The number of rotatable bonds is 6. The second kappa shape index (κ2) is 6.90. The number of pyridine rings is 1. The molecule has 1 N–H and O–H groups in total. The normalized spacial score (nSPS) is 14.2. The largest absolute Gasteiger partial charge is 0.488 e. The van der Waals surface area contributed by atoms with Crippen molar-refractivity contribution >= 4 is 31.9 Å². The molecule has 1 aliphatic carbocycles. The van der Waals surface area contributed by atoms with Crippen molar-refractivity contribution in [2.24, 2.45) is 0 Å². The monoisotopic (exact) mass is 410 g/mol. The molecule has 0 spiro atoms. The second-order valence-corrected chi connectivity index (χ2v) is 6.99. The van der Waals surface area contributed by atoms with E-state index in [9.17, 15) is 0 Å². The highest BCUT2D eigenvalue weighted by Gasteiger charge is 2.20. The molecule has 0 saturated heterocycles. The first-order chi connectivity index (χ1) is 10.2. The Hall–Kier alpha value is -0.910. The Kier molecular flexibility index (Phi) is 4.93. The van der Waals surface area contributed by atoms with E-state index in [1.54, 1.807) is 6.20 Å². The number of hydrogen-bond acceptors (Lipinski definition) is 3. The highest BCUT2D eigenvalue weighted by atomic mass is 79.9. The summed E-state index contributed by atoms with van der Waals surface area (Å²) in [4.78, 5) is 4.13. The minimum atomic E-state index is 0.505. The quantitative estimate of drug-likeness (QED) is 0.762. The molecule has 2 aromatic rings. The van der Waals surface area contributed by atoms with Crippen molar-refractivity contribution in [3.8, 4) is 5.75 Å². The standard InChI is InChI=1S/C16H16Br2N2O/c17-13-5-12(7-19-9-13)10-21-16-4-1-11(6-15(16)18)8-20-14-2-3-14/h1,4-7,9,14,20H,2-3,8,10H2. The van der Waals surface area contributed by atoms with E-state index in [1.807, 2.05) is 18.3 Å². The lowest BCUT2D eigenvalue weighted by Gasteiger charge is -2.10. The van der Waals surface area contributed by atoms with E-state index in [1.165, 1.54) is 18.4 Å². The molecule has 0 bridgehead atoms. The van der Waals surface area contributed by atoms with Gasteiger partial charge in [-0.1, -0.05) is 6.07 Å². The van der Waals surface area contributed by atoms with Gasteiger partial charge in [0.05, 0.1) is 4.47 Å². The Bertz CT molecular complexity index is 629. The van der Waals surface area contributed by atoms with Gasteiger partial charge in [0, 0.05) is 35.0 Å². The van der Waals surface area contributed by atoms with E-state index in [-0.39, 0.29) is 0 Å². The summed E-state index contributed by atoms with van der Waals surface area (Å²) in [6.45, 7) is 1.42. The molecule has 1 fully saturated rings. The number of nitrogens with zero attached hydrogens (tertiary/aromatic N) is 1. The first-order valence-corrected chi connectivity index (χ1v) is 8.53. The lowest BCUT2D eigenvalue weighted by Crippen LogP contribution is -2.15. The fourth-order valence-electron chi connectivity index (χ4n) is 2.02. The van der Waals surface area contributed by atoms with Gasteiger partial charge in [-0.05, 0) is 68.5 Å². The van der Waals surface area contributed by atoms with E-state index in [4.69, 9.17) is 4.74 Å². The van der Waals surface area contributed by atoms with Gasteiger partial charge in [-0.3, -0.25) is 4.98 Å². The molecule has 1 aromatic carbocycles. The number of aromatic nitrogens is 1. The van der Waals surface area contributed by atoms with Crippen molar-refractivity contribution in [3.05, 3.63) is 56.7 Å². The minimum absolute atomic E-state index is 0.505. The van der Waals surface area contributed by atoms with Gasteiger partial charge in [0.15, 0.2) is 0 Å². The Balaban J connectivity index is 1.59. The number of hydrogen-bond donors (Lipinski definition) is 1. The molecule has 1 saturated carbocycles. The van der Waals surface area contributed by atoms with Crippen LogP contribution in [0.15, 0.2) is 45.6 Å². The SMILES string of the molecule is Brc1cncc(COc2ccc(CNC3CC3)cc2Br)c1. The maximum absolute atomic E-state index is 5.84. The summed E-state index contributed by atoms with van der Waals surface area (Å²) in [6, 6.07) is 8.97. The van der Waals surface area contributed by atoms with Crippen molar-refractivity contribution in [1.82, 2.24) is 10.3 Å². The molecule has 0 amide bonds. The zero-order valence-electron chi connectivity index (χ0n) is 11.5.